The number of nitrogens with one attached hydrogen (secondary N) is 1. The van der Waals surface area contributed by atoms with E-state index in [4.69, 9.17) is 4.74 Å². The third kappa shape index (κ3) is 3.93. The number of carboxylic acids is 1. The summed E-state index contributed by atoms with van der Waals surface area (Å²) < 4.78 is 31.7. The highest BCUT2D eigenvalue weighted by molar-refractivity contribution is 6.01. The minimum atomic E-state index is -1.65. The number of carbonyl (C=O) groups excluding carboxylic acids is 2. The number of hydrogen-bond acceptors (Lipinski definition) is 4. The number of anilines is 1. The Kier molecular flexibility index (Phi) is 5.36. The Bertz CT molecular complexity index is 712. The van der Waals surface area contributed by atoms with E-state index in [-0.39, 0.29) is 25.3 Å². The number of ether oxygens (including phenoxy) is 1. The summed E-state index contributed by atoms with van der Waals surface area (Å²) in [7, 11) is 1.30. The Balaban J connectivity index is 2.13. The van der Waals surface area contributed by atoms with Crippen LogP contribution >= 0.6 is 0 Å². The molecule has 25 heavy (non-hydrogen) atoms. The van der Waals surface area contributed by atoms with Gasteiger partial charge in [-0.15, -0.1) is 0 Å². The van der Waals surface area contributed by atoms with Gasteiger partial charge in [0.1, 0.15) is 11.6 Å². The van der Waals surface area contributed by atoms with Crippen LogP contribution in [0, 0.1) is 17.6 Å². The lowest BCUT2D eigenvalue weighted by Gasteiger charge is -2.26. The molecule has 2 amide bonds. The van der Waals surface area contributed by atoms with Gasteiger partial charge < -0.3 is 20.1 Å². The first kappa shape index (κ1) is 18.8. The largest absolute Gasteiger partial charge is 0.479 e. The summed E-state index contributed by atoms with van der Waals surface area (Å²) in [5.41, 5.74) is -1.77. The zero-order chi connectivity index (χ0) is 18.8. The SMILES string of the molecule is COCC(C)(NC(=O)C1CC(=O)N(c2ccc(F)cc2F)C1)C(=O)O. The van der Waals surface area contributed by atoms with Crippen molar-refractivity contribution in [2.24, 2.45) is 5.92 Å². The standard InChI is InChI=1S/C16H18F2N2O5/c1-16(8-25-2,15(23)24)19-14(22)9-5-13(21)20(7-9)12-4-3-10(17)6-11(12)18/h3-4,6,9H,5,7-8H2,1-2H3,(H,19,22)(H,23,24). The summed E-state index contributed by atoms with van der Waals surface area (Å²) in [5, 5.41) is 11.6. The topological polar surface area (TPSA) is 95.9 Å². The van der Waals surface area contributed by atoms with Gasteiger partial charge in [-0.1, -0.05) is 0 Å². The zero-order valence-corrected chi connectivity index (χ0v) is 13.7. The second-order valence-corrected chi connectivity index (χ2v) is 6.06. The Labute approximate surface area is 142 Å². The van der Waals surface area contributed by atoms with E-state index < -0.39 is 40.9 Å². The molecular weight excluding hydrogens is 338 g/mol. The highest BCUT2D eigenvalue weighted by Crippen LogP contribution is 2.28. The Morgan fingerprint density at radius 1 is 1.44 bits per heavy atom. The molecule has 0 aliphatic carbocycles. The number of nitrogens with zero attached hydrogens (tertiary/aromatic N) is 1. The van der Waals surface area contributed by atoms with E-state index in [2.05, 4.69) is 5.32 Å². The Morgan fingerprint density at radius 3 is 2.68 bits per heavy atom. The summed E-state index contributed by atoms with van der Waals surface area (Å²) in [6.07, 6.45) is -0.203. The average molecular weight is 356 g/mol. The molecule has 1 aromatic carbocycles. The molecule has 1 aromatic rings. The maximum Gasteiger partial charge on any atom is 0.331 e. The average Bonchev–Trinajstić information content (AvgIpc) is 2.89. The number of carbonyl (C=O) groups is 3. The van der Waals surface area contributed by atoms with Gasteiger partial charge in [-0.2, -0.15) is 0 Å². The number of rotatable bonds is 6. The fourth-order valence-electron chi connectivity index (χ4n) is 2.63. The highest BCUT2D eigenvalue weighted by atomic mass is 19.1. The van der Waals surface area contributed by atoms with Crippen LogP contribution in [0.4, 0.5) is 14.5 Å². The van der Waals surface area contributed by atoms with Crippen LogP contribution < -0.4 is 10.2 Å². The summed E-state index contributed by atoms with van der Waals surface area (Å²) in [5.74, 6) is -4.99. The third-order valence-corrected chi connectivity index (χ3v) is 4.00. The van der Waals surface area contributed by atoms with Crippen molar-refractivity contribution in [3.05, 3.63) is 29.8 Å². The highest BCUT2D eigenvalue weighted by Gasteiger charge is 2.41. The molecule has 1 saturated heterocycles. The fraction of sp³-hybridized carbons (Fsp3) is 0.438. The Morgan fingerprint density at radius 2 is 2.12 bits per heavy atom. The van der Waals surface area contributed by atoms with E-state index >= 15 is 0 Å². The quantitative estimate of drug-likeness (QED) is 0.790. The number of hydrogen-bond donors (Lipinski definition) is 2. The predicted molar refractivity (Wildman–Crippen MR) is 82.9 cm³/mol. The van der Waals surface area contributed by atoms with E-state index in [1.54, 1.807) is 0 Å². The first-order valence-electron chi connectivity index (χ1n) is 7.47. The molecule has 0 saturated carbocycles. The van der Waals surface area contributed by atoms with Crippen LogP contribution in [-0.4, -0.2) is 48.7 Å². The van der Waals surface area contributed by atoms with Crippen molar-refractivity contribution >= 4 is 23.5 Å². The van der Waals surface area contributed by atoms with Crippen LogP contribution in [0.25, 0.3) is 0 Å². The molecule has 2 unspecified atom stereocenters. The zero-order valence-electron chi connectivity index (χ0n) is 13.7. The predicted octanol–water partition coefficient (Wildman–Crippen LogP) is 0.924. The van der Waals surface area contributed by atoms with Crippen molar-refractivity contribution in [2.75, 3.05) is 25.2 Å². The van der Waals surface area contributed by atoms with Gasteiger partial charge in [0, 0.05) is 26.1 Å². The lowest BCUT2D eigenvalue weighted by Crippen LogP contribution is -2.56. The van der Waals surface area contributed by atoms with Crippen LogP contribution in [0.3, 0.4) is 0 Å². The second kappa shape index (κ2) is 7.14. The van der Waals surface area contributed by atoms with E-state index in [9.17, 15) is 28.3 Å². The molecule has 9 heteroatoms. The van der Waals surface area contributed by atoms with E-state index in [1.165, 1.54) is 14.0 Å². The minimum absolute atomic E-state index is 0.125. The molecule has 2 N–H and O–H groups in total. The number of aliphatic carboxylic acids is 1. The van der Waals surface area contributed by atoms with Gasteiger partial charge in [0.25, 0.3) is 0 Å². The monoisotopic (exact) mass is 356 g/mol. The summed E-state index contributed by atoms with van der Waals surface area (Å²) in [4.78, 5) is 36.8. The van der Waals surface area contributed by atoms with Gasteiger partial charge in [-0.05, 0) is 19.1 Å². The molecule has 0 radical (unpaired) electrons. The molecule has 0 spiro atoms. The normalized spacial score (nSPS) is 19.6. The van der Waals surface area contributed by atoms with Crippen molar-refractivity contribution in [3.63, 3.8) is 0 Å². The van der Waals surface area contributed by atoms with Crippen molar-refractivity contribution in [2.45, 2.75) is 18.9 Å². The minimum Gasteiger partial charge on any atom is -0.479 e. The first-order valence-corrected chi connectivity index (χ1v) is 7.47. The maximum atomic E-state index is 13.9. The van der Waals surface area contributed by atoms with Crippen LogP contribution in [0.15, 0.2) is 18.2 Å². The number of amides is 2. The van der Waals surface area contributed by atoms with Crippen molar-refractivity contribution in [1.82, 2.24) is 5.32 Å². The molecule has 2 atom stereocenters. The third-order valence-electron chi connectivity index (χ3n) is 4.00. The number of halogens is 2. The first-order chi connectivity index (χ1) is 11.7. The summed E-state index contributed by atoms with van der Waals surface area (Å²) in [6.45, 7) is 0.895. The molecule has 0 bridgehead atoms. The Hall–Kier alpha value is -2.55. The number of methoxy groups -OCH3 is 1. The van der Waals surface area contributed by atoms with Crippen LogP contribution in [0.5, 0.6) is 0 Å². The molecule has 1 heterocycles. The summed E-state index contributed by atoms with van der Waals surface area (Å²) in [6, 6.07) is 2.78. The second-order valence-electron chi connectivity index (χ2n) is 6.06. The van der Waals surface area contributed by atoms with E-state index in [1.807, 2.05) is 0 Å². The molecule has 7 nitrogen and oxygen atoms in total. The van der Waals surface area contributed by atoms with Gasteiger partial charge in [-0.3, -0.25) is 9.59 Å². The molecule has 2 rings (SSSR count). The van der Waals surface area contributed by atoms with Gasteiger partial charge in [0.05, 0.1) is 18.2 Å². The van der Waals surface area contributed by atoms with Crippen LogP contribution in [-0.2, 0) is 19.1 Å². The van der Waals surface area contributed by atoms with Gasteiger partial charge >= 0.3 is 5.97 Å². The van der Waals surface area contributed by atoms with Crippen molar-refractivity contribution in [3.8, 4) is 0 Å². The summed E-state index contributed by atoms with van der Waals surface area (Å²) >= 11 is 0. The van der Waals surface area contributed by atoms with Gasteiger partial charge in [0.2, 0.25) is 11.8 Å². The molecular formula is C16H18F2N2O5. The molecule has 1 fully saturated rings. The smallest absolute Gasteiger partial charge is 0.331 e. The number of benzene rings is 1. The van der Waals surface area contributed by atoms with Gasteiger partial charge in [-0.25, -0.2) is 13.6 Å². The van der Waals surface area contributed by atoms with E-state index in [0.717, 1.165) is 17.0 Å². The molecule has 136 valence electrons. The van der Waals surface area contributed by atoms with Crippen LogP contribution in [0.1, 0.15) is 13.3 Å². The fourth-order valence-corrected chi connectivity index (χ4v) is 2.63. The lowest BCUT2D eigenvalue weighted by molar-refractivity contribution is -0.149. The van der Waals surface area contributed by atoms with E-state index in [0.29, 0.717) is 6.07 Å². The molecule has 1 aliphatic rings. The van der Waals surface area contributed by atoms with Gasteiger partial charge in [0.15, 0.2) is 5.54 Å². The maximum absolute atomic E-state index is 13.9. The van der Waals surface area contributed by atoms with Crippen molar-refractivity contribution < 1.29 is 33.0 Å². The van der Waals surface area contributed by atoms with Crippen molar-refractivity contribution in [1.29, 1.82) is 0 Å². The molecule has 1 aliphatic heterocycles. The number of carboxylic acid groups (broad SMARTS) is 1. The molecule has 0 aromatic heterocycles. The van der Waals surface area contributed by atoms with Crippen LogP contribution in [0.2, 0.25) is 0 Å². The lowest BCUT2D eigenvalue weighted by atomic mass is 10.0.